The first kappa shape index (κ1) is 17.8. The van der Waals surface area contributed by atoms with Gasteiger partial charge >= 0.3 is 11.9 Å². The van der Waals surface area contributed by atoms with Gasteiger partial charge in [0.05, 0.1) is 12.5 Å². The molecule has 0 N–H and O–H groups in total. The number of ether oxygens (including phenoxy) is 2. The molecule has 0 aromatic rings. The maximum Gasteiger partial charge on any atom is 0.308 e. The molecule has 0 amide bonds. The summed E-state index contributed by atoms with van der Waals surface area (Å²) in [5, 5.41) is 0. The number of rotatable bonds is 7. The highest BCUT2D eigenvalue weighted by molar-refractivity contribution is 5.72. The number of carbonyl (C=O) groups is 2. The summed E-state index contributed by atoms with van der Waals surface area (Å²) in [7, 11) is 0. The van der Waals surface area contributed by atoms with Crippen LogP contribution in [0.25, 0.3) is 0 Å². The van der Waals surface area contributed by atoms with E-state index < -0.39 is 0 Å². The molecule has 4 rings (SSSR count). The summed E-state index contributed by atoms with van der Waals surface area (Å²) in [6.45, 7) is 6.31. The molecular weight excluding hydrogens is 304 g/mol. The lowest BCUT2D eigenvalue weighted by Gasteiger charge is -2.59. The minimum Gasteiger partial charge on any atom is -0.465 e. The highest BCUT2D eigenvalue weighted by Gasteiger charge is 2.56. The predicted molar refractivity (Wildman–Crippen MR) is 91.2 cm³/mol. The molecule has 0 aromatic carbocycles. The van der Waals surface area contributed by atoms with Crippen molar-refractivity contribution in [3.05, 3.63) is 0 Å². The Balaban J connectivity index is 1.43. The lowest BCUT2D eigenvalue weighted by atomic mass is 9.50. The van der Waals surface area contributed by atoms with Gasteiger partial charge in [0.25, 0.3) is 0 Å². The van der Waals surface area contributed by atoms with Crippen LogP contribution in [0.5, 0.6) is 0 Å². The van der Waals surface area contributed by atoms with E-state index in [1.54, 1.807) is 0 Å². The molecule has 4 fully saturated rings. The van der Waals surface area contributed by atoms with Crippen molar-refractivity contribution >= 4 is 11.9 Å². The fourth-order valence-electron chi connectivity index (χ4n) is 5.28. The van der Waals surface area contributed by atoms with Crippen LogP contribution in [-0.2, 0) is 19.1 Å². The van der Waals surface area contributed by atoms with Crippen molar-refractivity contribution in [2.24, 2.45) is 29.6 Å². The van der Waals surface area contributed by atoms with E-state index >= 15 is 0 Å². The Morgan fingerprint density at radius 3 is 2.21 bits per heavy atom. The van der Waals surface area contributed by atoms with Crippen molar-refractivity contribution in [1.29, 1.82) is 0 Å². The van der Waals surface area contributed by atoms with Crippen LogP contribution in [0.2, 0.25) is 0 Å². The molecule has 0 radical (unpaired) electrons. The van der Waals surface area contributed by atoms with Crippen LogP contribution in [0.1, 0.15) is 72.1 Å². The third-order valence-electron chi connectivity index (χ3n) is 6.88. The summed E-state index contributed by atoms with van der Waals surface area (Å²) in [6.07, 6.45) is 8.04. The average Bonchev–Trinajstić information content (AvgIpc) is 2.55. The van der Waals surface area contributed by atoms with Crippen molar-refractivity contribution in [1.82, 2.24) is 0 Å². The van der Waals surface area contributed by atoms with Crippen molar-refractivity contribution in [2.45, 2.75) is 77.7 Å². The molecule has 136 valence electrons. The topological polar surface area (TPSA) is 52.6 Å². The van der Waals surface area contributed by atoms with Gasteiger partial charge in [-0.05, 0) is 75.5 Å². The van der Waals surface area contributed by atoms with Crippen LogP contribution >= 0.6 is 0 Å². The molecule has 4 bridgehead atoms. The monoisotopic (exact) mass is 336 g/mol. The van der Waals surface area contributed by atoms with Gasteiger partial charge in [-0.1, -0.05) is 13.8 Å². The summed E-state index contributed by atoms with van der Waals surface area (Å²) in [5.41, 5.74) is -0.252. The van der Waals surface area contributed by atoms with Crippen molar-refractivity contribution < 1.29 is 19.1 Å². The fraction of sp³-hybridized carbons (Fsp3) is 0.900. The van der Waals surface area contributed by atoms with E-state index in [0.29, 0.717) is 31.3 Å². The standard InChI is InChI=1S/C20H32O4/c1-4-13(2)19(22)23-7-5-6-18(21)24-20(3)16-9-14-8-15(11-16)12-17(20)10-14/h13-17H,4-12H2,1-3H3. The average molecular weight is 336 g/mol. The Kier molecular flexibility index (Phi) is 5.22. The first-order valence-electron chi connectivity index (χ1n) is 9.80. The molecule has 0 aliphatic heterocycles. The summed E-state index contributed by atoms with van der Waals surface area (Å²) < 4.78 is 11.2. The van der Waals surface area contributed by atoms with Gasteiger partial charge in [-0.25, -0.2) is 0 Å². The van der Waals surface area contributed by atoms with Gasteiger partial charge in [0.1, 0.15) is 5.60 Å². The molecule has 0 spiro atoms. The third kappa shape index (κ3) is 3.48. The largest absolute Gasteiger partial charge is 0.465 e. The number of hydrogen-bond acceptors (Lipinski definition) is 4. The number of carbonyl (C=O) groups excluding carboxylic acids is 2. The lowest BCUT2D eigenvalue weighted by molar-refractivity contribution is -0.203. The molecule has 4 aliphatic carbocycles. The van der Waals surface area contributed by atoms with Crippen LogP contribution in [0.15, 0.2) is 0 Å². The molecule has 4 aliphatic rings. The summed E-state index contributed by atoms with van der Waals surface area (Å²) in [5.74, 6) is 2.51. The third-order valence-corrected chi connectivity index (χ3v) is 6.88. The van der Waals surface area contributed by atoms with Gasteiger partial charge in [-0.2, -0.15) is 0 Å². The van der Waals surface area contributed by atoms with E-state index in [2.05, 4.69) is 6.92 Å². The molecule has 0 saturated heterocycles. The highest BCUT2D eigenvalue weighted by Crippen LogP contribution is 2.59. The second-order valence-corrected chi connectivity index (χ2v) is 8.54. The van der Waals surface area contributed by atoms with Crippen LogP contribution in [0.4, 0.5) is 0 Å². The second kappa shape index (κ2) is 7.05. The SMILES string of the molecule is CCC(C)C(=O)OCCCC(=O)OC1(C)C2CC3CC(C2)CC1C3. The zero-order chi connectivity index (χ0) is 17.3. The van der Waals surface area contributed by atoms with Gasteiger partial charge in [0, 0.05) is 6.42 Å². The minimum atomic E-state index is -0.252. The Labute approximate surface area is 145 Å². The molecule has 1 unspecified atom stereocenters. The predicted octanol–water partition coefficient (Wildman–Crippen LogP) is 4.11. The summed E-state index contributed by atoms with van der Waals surface area (Å²) in [4.78, 5) is 23.9. The molecule has 4 heteroatoms. The molecule has 4 saturated carbocycles. The lowest BCUT2D eigenvalue weighted by Crippen LogP contribution is -2.58. The Bertz CT molecular complexity index is 456. The molecule has 0 aromatic heterocycles. The number of esters is 2. The van der Waals surface area contributed by atoms with Crippen LogP contribution in [0.3, 0.4) is 0 Å². The van der Waals surface area contributed by atoms with Crippen molar-refractivity contribution in [2.75, 3.05) is 6.61 Å². The quantitative estimate of drug-likeness (QED) is 0.518. The van der Waals surface area contributed by atoms with Gasteiger partial charge in [-0.3, -0.25) is 9.59 Å². The Morgan fingerprint density at radius 2 is 1.67 bits per heavy atom. The Hall–Kier alpha value is -1.06. The van der Waals surface area contributed by atoms with E-state index in [0.717, 1.165) is 18.3 Å². The molecule has 4 nitrogen and oxygen atoms in total. The molecule has 24 heavy (non-hydrogen) atoms. The molecule has 0 heterocycles. The zero-order valence-electron chi connectivity index (χ0n) is 15.4. The normalized spacial score (nSPS) is 38.0. The maximum absolute atomic E-state index is 12.3. The smallest absolute Gasteiger partial charge is 0.308 e. The highest BCUT2D eigenvalue weighted by atomic mass is 16.6. The van der Waals surface area contributed by atoms with E-state index in [-0.39, 0.29) is 23.5 Å². The second-order valence-electron chi connectivity index (χ2n) is 8.54. The fourth-order valence-corrected chi connectivity index (χ4v) is 5.28. The van der Waals surface area contributed by atoms with E-state index in [9.17, 15) is 9.59 Å². The van der Waals surface area contributed by atoms with Gasteiger partial charge in [0.15, 0.2) is 0 Å². The first-order chi connectivity index (χ1) is 11.4. The Morgan fingerprint density at radius 1 is 1.08 bits per heavy atom. The van der Waals surface area contributed by atoms with Gasteiger partial charge in [-0.15, -0.1) is 0 Å². The van der Waals surface area contributed by atoms with Gasteiger partial charge < -0.3 is 9.47 Å². The molecular formula is C20H32O4. The minimum absolute atomic E-state index is 0.0658. The first-order valence-corrected chi connectivity index (χ1v) is 9.80. The maximum atomic E-state index is 12.3. The van der Waals surface area contributed by atoms with E-state index in [4.69, 9.17) is 9.47 Å². The van der Waals surface area contributed by atoms with Crippen LogP contribution in [0, 0.1) is 29.6 Å². The van der Waals surface area contributed by atoms with E-state index in [1.807, 2.05) is 13.8 Å². The van der Waals surface area contributed by atoms with Crippen molar-refractivity contribution in [3.63, 3.8) is 0 Å². The van der Waals surface area contributed by atoms with Crippen molar-refractivity contribution in [3.8, 4) is 0 Å². The summed E-state index contributed by atoms with van der Waals surface area (Å²) >= 11 is 0. The van der Waals surface area contributed by atoms with Crippen LogP contribution in [-0.4, -0.2) is 24.1 Å². The number of hydrogen-bond donors (Lipinski definition) is 0. The molecule has 1 atom stereocenters. The van der Waals surface area contributed by atoms with Gasteiger partial charge in [0.2, 0.25) is 0 Å². The van der Waals surface area contributed by atoms with E-state index in [1.165, 1.54) is 32.1 Å². The van der Waals surface area contributed by atoms with Crippen LogP contribution < -0.4 is 0 Å². The zero-order valence-corrected chi connectivity index (χ0v) is 15.4. The summed E-state index contributed by atoms with van der Waals surface area (Å²) in [6, 6.07) is 0.